The van der Waals surface area contributed by atoms with Gasteiger partial charge in [-0.1, -0.05) is 0 Å². The molecule has 0 spiro atoms. The highest BCUT2D eigenvalue weighted by molar-refractivity contribution is 5.75. The van der Waals surface area contributed by atoms with E-state index in [1.807, 2.05) is 12.4 Å². The van der Waals surface area contributed by atoms with Gasteiger partial charge in [-0.2, -0.15) is 0 Å². The fourth-order valence-electron chi connectivity index (χ4n) is 4.64. The van der Waals surface area contributed by atoms with Crippen molar-refractivity contribution < 1.29 is 0 Å². The Hall–Kier alpha value is -1.42. The number of fused-ring (bicyclic) bond motifs is 3. The van der Waals surface area contributed by atoms with Crippen molar-refractivity contribution in [1.29, 1.82) is 0 Å². The molecule has 104 valence electrons. The molecule has 2 bridgehead atoms. The molecule has 3 saturated carbocycles. The molecule has 5 rings (SSSR count). The predicted molar refractivity (Wildman–Crippen MR) is 77.3 cm³/mol. The van der Waals surface area contributed by atoms with Crippen LogP contribution < -0.4 is 5.73 Å². The van der Waals surface area contributed by atoms with Gasteiger partial charge in [-0.25, -0.2) is 4.98 Å². The number of imidazole rings is 1. The number of hydrogen-bond acceptors (Lipinski definition) is 3. The molecule has 0 amide bonds. The third-order valence-corrected chi connectivity index (χ3v) is 5.71. The summed E-state index contributed by atoms with van der Waals surface area (Å²) in [6, 6.07) is 3.09. The molecule has 4 atom stereocenters. The molecule has 3 fully saturated rings. The normalized spacial score (nSPS) is 36.0. The molecular formula is C16H20N4. The second kappa shape index (κ2) is 3.82. The maximum absolute atomic E-state index is 6.54. The highest BCUT2D eigenvalue weighted by Gasteiger charge is 2.49. The zero-order chi connectivity index (χ0) is 13.3. The third-order valence-electron chi connectivity index (χ3n) is 5.71. The maximum atomic E-state index is 6.54. The third kappa shape index (κ3) is 1.40. The summed E-state index contributed by atoms with van der Waals surface area (Å²) < 4.78 is 2.49. The van der Waals surface area contributed by atoms with E-state index in [9.17, 15) is 0 Å². The van der Waals surface area contributed by atoms with Crippen LogP contribution >= 0.6 is 0 Å². The number of pyridine rings is 1. The van der Waals surface area contributed by atoms with Gasteiger partial charge < -0.3 is 10.3 Å². The van der Waals surface area contributed by atoms with Crippen molar-refractivity contribution in [3.8, 4) is 0 Å². The first-order chi connectivity index (χ1) is 9.83. The van der Waals surface area contributed by atoms with Crippen LogP contribution in [0, 0.1) is 11.8 Å². The zero-order valence-corrected chi connectivity index (χ0v) is 11.6. The molecule has 2 N–H and O–H groups in total. The van der Waals surface area contributed by atoms with E-state index in [2.05, 4.69) is 15.6 Å². The summed E-state index contributed by atoms with van der Waals surface area (Å²) in [4.78, 5) is 9.18. The minimum Gasteiger partial charge on any atom is -0.327 e. The van der Waals surface area contributed by atoms with Crippen LogP contribution in [-0.2, 0) is 0 Å². The Labute approximate surface area is 118 Å². The van der Waals surface area contributed by atoms with Crippen molar-refractivity contribution >= 4 is 11.0 Å². The quantitative estimate of drug-likeness (QED) is 0.911. The fourth-order valence-corrected chi connectivity index (χ4v) is 4.64. The van der Waals surface area contributed by atoms with Crippen LogP contribution in [0.3, 0.4) is 0 Å². The zero-order valence-electron chi connectivity index (χ0n) is 11.6. The van der Waals surface area contributed by atoms with E-state index < -0.39 is 0 Å². The van der Waals surface area contributed by atoms with Gasteiger partial charge in [0.05, 0.1) is 11.7 Å². The molecule has 4 heteroatoms. The van der Waals surface area contributed by atoms with Crippen molar-refractivity contribution in [3.63, 3.8) is 0 Å². The summed E-state index contributed by atoms with van der Waals surface area (Å²) in [7, 11) is 0. The van der Waals surface area contributed by atoms with E-state index in [1.54, 1.807) is 0 Å². The molecule has 2 aromatic rings. The van der Waals surface area contributed by atoms with Crippen LogP contribution in [0.5, 0.6) is 0 Å². The molecule has 2 heterocycles. The lowest BCUT2D eigenvalue weighted by atomic mass is 9.84. The van der Waals surface area contributed by atoms with E-state index in [-0.39, 0.29) is 0 Å². The van der Waals surface area contributed by atoms with Gasteiger partial charge in [-0.3, -0.25) is 4.98 Å². The van der Waals surface area contributed by atoms with E-state index in [4.69, 9.17) is 10.7 Å². The number of hydrogen-bond donors (Lipinski definition) is 1. The lowest BCUT2D eigenvalue weighted by Gasteiger charge is -2.28. The maximum Gasteiger partial charge on any atom is 0.115 e. The van der Waals surface area contributed by atoms with Crippen molar-refractivity contribution in [3.05, 3.63) is 24.3 Å². The van der Waals surface area contributed by atoms with Crippen molar-refractivity contribution in [2.45, 2.75) is 50.1 Å². The van der Waals surface area contributed by atoms with Crippen LogP contribution in [0.15, 0.2) is 18.5 Å². The van der Waals surface area contributed by atoms with Gasteiger partial charge in [0, 0.05) is 24.2 Å². The summed E-state index contributed by atoms with van der Waals surface area (Å²) in [6.45, 7) is 0. The minimum atomic E-state index is 0.316. The summed E-state index contributed by atoms with van der Waals surface area (Å²) in [5.41, 5.74) is 8.84. The van der Waals surface area contributed by atoms with E-state index in [0.29, 0.717) is 18.0 Å². The van der Waals surface area contributed by atoms with Crippen LogP contribution in [0.25, 0.3) is 11.0 Å². The van der Waals surface area contributed by atoms with Gasteiger partial charge in [-0.05, 0) is 50.0 Å². The number of nitrogens with zero attached hydrogens (tertiary/aromatic N) is 3. The summed E-state index contributed by atoms with van der Waals surface area (Å²) >= 11 is 0. The Balaban J connectivity index is 1.70. The molecule has 0 saturated heterocycles. The summed E-state index contributed by atoms with van der Waals surface area (Å²) in [5, 5.41) is 0. The number of nitrogens with two attached hydrogens (primary N) is 1. The molecule has 3 aliphatic rings. The van der Waals surface area contributed by atoms with E-state index >= 15 is 0 Å². The monoisotopic (exact) mass is 268 g/mol. The molecule has 20 heavy (non-hydrogen) atoms. The topological polar surface area (TPSA) is 56.7 Å². The first-order valence-electron chi connectivity index (χ1n) is 7.90. The first-order valence-corrected chi connectivity index (χ1v) is 7.90. The van der Waals surface area contributed by atoms with Crippen molar-refractivity contribution in [2.75, 3.05) is 0 Å². The number of aromatic nitrogens is 3. The fraction of sp³-hybridized carbons (Fsp3) is 0.625. The predicted octanol–water partition coefficient (Wildman–Crippen LogP) is 2.61. The standard InChI is InChI=1S/C16H20N4/c17-15-10-2-1-9(7-10)14(15)16-19-12-8-18-6-5-13(12)20(16)11-3-4-11/h5-6,8-11,14-15H,1-4,7,17H2. The molecule has 2 aromatic heterocycles. The Morgan fingerprint density at radius 2 is 2.00 bits per heavy atom. The number of rotatable bonds is 2. The Morgan fingerprint density at radius 1 is 1.15 bits per heavy atom. The van der Waals surface area contributed by atoms with Gasteiger partial charge in [-0.15, -0.1) is 0 Å². The molecule has 0 aromatic carbocycles. The van der Waals surface area contributed by atoms with Crippen LogP contribution in [0.1, 0.15) is 49.9 Å². The lowest BCUT2D eigenvalue weighted by Crippen LogP contribution is -2.35. The summed E-state index contributed by atoms with van der Waals surface area (Å²) in [6.07, 6.45) is 10.3. The van der Waals surface area contributed by atoms with E-state index in [1.165, 1.54) is 43.4 Å². The average Bonchev–Trinajstić information content (AvgIpc) is 2.96. The Bertz CT molecular complexity index is 670. The van der Waals surface area contributed by atoms with Gasteiger partial charge in [0.1, 0.15) is 11.3 Å². The SMILES string of the molecule is NC1C2CCC(C2)C1c1nc2cnccc2n1C1CC1. The molecule has 3 aliphatic carbocycles. The molecule has 4 unspecified atom stereocenters. The van der Waals surface area contributed by atoms with Gasteiger partial charge >= 0.3 is 0 Å². The van der Waals surface area contributed by atoms with Crippen molar-refractivity contribution in [2.24, 2.45) is 17.6 Å². The average molecular weight is 268 g/mol. The van der Waals surface area contributed by atoms with E-state index in [0.717, 1.165) is 17.4 Å². The Kier molecular flexibility index (Phi) is 2.15. The minimum absolute atomic E-state index is 0.316. The van der Waals surface area contributed by atoms with Crippen LogP contribution in [-0.4, -0.2) is 20.6 Å². The highest BCUT2D eigenvalue weighted by Crippen LogP contribution is 2.53. The molecular weight excluding hydrogens is 248 g/mol. The smallest absolute Gasteiger partial charge is 0.115 e. The van der Waals surface area contributed by atoms with Crippen LogP contribution in [0.2, 0.25) is 0 Å². The Morgan fingerprint density at radius 3 is 2.75 bits per heavy atom. The molecule has 0 aliphatic heterocycles. The summed E-state index contributed by atoms with van der Waals surface area (Å²) in [5.74, 6) is 3.23. The largest absolute Gasteiger partial charge is 0.327 e. The van der Waals surface area contributed by atoms with Gasteiger partial charge in [0.2, 0.25) is 0 Å². The second-order valence-electron chi connectivity index (χ2n) is 6.87. The lowest BCUT2D eigenvalue weighted by molar-refractivity contribution is 0.347. The van der Waals surface area contributed by atoms with Gasteiger partial charge in [0.25, 0.3) is 0 Å². The van der Waals surface area contributed by atoms with Gasteiger partial charge in [0.15, 0.2) is 0 Å². The first kappa shape index (κ1) is 11.3. The molecule has 0 radical (unpaired) electrons. The highest BCUT2D eigenvalue weighted by atomic mass is 15.1. The van der Waals surface area contributed by atoms with Crippen LogP contribution in [0.4, 0.5) is 0 Å². The van der Waals surface area contributed by atoms with Crippen molar-refractivity contribution in [1.82, 2.24) is 14.5 Å². The molecule has 4 nitrogen and oxygen atoms in total. The second-order valence-corrected chi connectivity index (χ2v) is 6.87.